The van der Waals surface area contributed by atoms with E-state index in [1.54, 1.807) is 25.3 Å². The Kier molecular flexibility index (Phi) is 9.71. The predicted molar refractivity (Wildman–Crippen MR) is 146 cm³/mol. The summed E-state index contributed by atoms with van der Waals surface area (Å²) >= 11 is 0. The minimum absolute atomic E-state index is 0.0159. The second-order valence-corrected chi connectivity index (χ2v) is 10.6. The molecule has 0 aliphatic carbocycles. The zero-order valence-electron chi connectivity index (χ0n) is 22.1. The second-order valence-electron chi connectivity index (χ2n) is 8.93. The van der Waals surface area contributed by atoms with E-state index in [2.05, 4.69) is 14.5 Å². The van der Waals surface area contributed by atoms with Gasteiger partial charge < -0.3 is 24.7 Å². The van der Waals surface area contributed by atoms with Gasteiger partial charge in [0.15, 0.2) is 0 Å². The largest absolute Gasteiger partial charge is 0.497 e. The highest BCUT2D eigenvalue weighted by atomic mass is 32.2. The molecule has 0 saturated carbocycles. The van der Waals surface area contributed by atoms with Gasteiger partial charge in [-0.1, -0.05) is 17.7 Å². The zero-order chi connectivity index (χ0) is 30.4. The van der Waals surface area contributed by atoms with Crippen molar-refractivity contribution in [3.8, 4) is 5.75 Å². The highest BCUT2D eigenvalue weighted by Gasteiger charge is 2.38. The first-order chi connectivity index (χ1) is 19.2. The van der Waals surface area contributed by atoms with Gasteiger partial charge in [-0.05, 0) is 61.5 Å². The van der Waals surface area contributed by atoms with Crippen LogP contribution in [0.4, 0.5) is 30.2 Å². The second kappa shape index (κ2) is 12.8. The zero-order valence-corrected chi connectivity index (χ0v) is 22.9. The summed E-state index contributed by atoms with van der Waals surface area (Å²) in [5, 5.41) is 16.6. The predicted octanol–water partition coefficient (Wildman–Crippen LogP) is 4.46. The molecule has 1 fully saturated rings. The van der Waals surface area contributed by atoms with Gasteiger partial charge in [0, 0.05) is 31.9 Å². The van der Waals surface area contributed by atoms with Crippen molar-refractivity contribution in [3.63, 3.8) is 0 Å². The van der Waals surface area contributed by atoms with Gasteiger partial charge in [-0.15, -0.1) is 0 Å². The number of piperazine rings is 1. The Morgan fingerprint density at radius 3 is 1.90 bits per heavy atom. The fourth-order valence-corrected chi connectivity index (χ4v) is 5.01. The lowest BCUT2D eigenvalue weighted by Crippen LogP contribution is -2.46. The molecule has 0 spiro atoms. The van der Waals surface area contributed by atoms with Crippen LogP contribution >= 0.6 is 0 Å². The number of benzene rings is 3. The number of halogens is 3. The number of carbonyl (C=O) groups is 2. The molecule has 0 aromatic heterocycles. The molecule has 3 aromatic carbocycles. The Morgan fingerprint density at radius 1 is 0.878 bits per heavy atom. The van der Waals surface area contributed by atoms with Crippen molar-refractivity contribution < 1.29 is 46.1 Å². The lowest BCUT2D eigenvalue weighted by molar-refractivity contribution is -0.192. The molecule has 10 nitrogen and oxygen atoms in total. The highest BCUT2D eigenvalue weighted by Crippen LogP contribution is 2.31. The summed E-state index contributed by atoms with van der Waals surface area (Å²) in [6.07, 6.45) is -5.08. The Balaban J connectivity index is 0.000000587. The Morgan fingerprint density at radius 2 is 1.41 bits per heavy atom. The maximum atomic E-state index is 13.0. The first-order valence-corrected chi connectivity index (χ1v) is 13.6. The molecule has 1 saturated heterocycles. The van der Waals surface area contributed by atoms with Crippen LogP contribution in [0.3, 0.4) is 0 Å². The van der Waals surface area contributed by atoms with Crippen LogP contribution in [0.25, 0.3) is 0 Å². The summed E-state index contributed by atoms with van der Waals surface area (Å²) in [5.41, 5.74) is 2.94. The topological polar surface area (TPSA) is 136 Å². The van der Waals surface area contributed by atoms with Crippen LogP contribution in [0.5, 0.6) is 5.75 Å². The number of nitrogens with one attached hydrogen (secondary N) is 1. The lowest BCUT2D eigenvalue weighted by Gasteiger charge is -2.38. The van der Waals surface area contributed by atoms with Crippen molar-refractivity contribution in [2.75, 3.05) is 47.8 Å². The molecule has 1 aliphatic heterocycles. The minimum Gasteiger partial charge on any atom is -0.497 e. The maximum absolute atomic E-state index is 13.0. The monoisotopic (exact) mass is 595 g/mol. The molecule has 220 valence electrons. The van der Waals surface area contributed by atoms with Crippen molar-refractivity contribution in [1.29, 1.82) is 0 Å². The quantitative estimate of drug-likeness (QED) is 0.362. The van der Waals surface area contributed by atoms with Crippen LogP contribution in [0, 0.1) is 6.92 Å². The van der Waals surface area contributed by atoms with Gasteiger partial charge in [0.2, 0.25) is 0 Å². The van der Waals surface area contributed by atoms with Crippen molar-refractivity contribution in [2.45, 2.75) is 18.0 Å². The van der Waals surface area contributed by atoms with Crippen molar-refractivity contribution in [1.82, 2.24) is 0 Å². The molecule has 3 aromatic rings. The third-order valence-electron chi connectivity index (χ3n) is 6.12. The summed E-state index contributed by atoms with van der Waals surface area (Å²) in [7, 11) is -2.25. The van der Waals surface area contributed by atoms with E-state index in [-0.39, 0.29) is 16.1 Å². The van der Waals surface area contributed by atoms with Crippen LogP contribution in [-0.4, -0.2) is 70.0 Å². The van der Waals surface area contributed by atoms with Crippen LogP contribution < -0.4 is 19.3 Å². The molecular formula is C27H28F3N3O7S. The first-order valence-electron chi connectivity index (χ1n) is 12.1. The van der Waals surface area contributed by atoms with Gasteiger partial charge in [0.1, 0.15) is 5.75 Å². The number of sulfonamides is 1. The normalized spacial score (nSPS) is 13.6. The molecule has 3 N–H and O–H groups in total. The lowest BCUT2D eigenvalue weighted by atomic mass is 10.1. The van der Waals surface area contributed by atoms with Crippen LogP contribution in [-0.2, 0) is 14.8 Å². The van der Waals surface area contributed by atoms with E-state index in [0.29, 0.717) is 18.8 Å². The van der Waals surface area contributed by atoms with E-state index >= 15 is 0 Å². The van der Waals surface area contributed by atoms with E-state index in [1.807, 2.05) is 31.2 Å². The summed E-state index contributed by atoms with van der Waals surface area (Å²) in [5.74, 6) is -3.08. The van der Waals surface area contributed by atoms with E-state index in [4.69, 9.17) is 14.6 Å². The third-order valence-corrected chi connectivity index (χ3v) is 7.50. The number of methoxy groups -OCH3 is 1. The summed E-state index contributed by atoms with van der Waals surface area (Å²) in [6.45, 7) is 4.65. The number of anilines is 3. The smallest absolute Gasteiger partial charge is 0.490 e. The fourth-order valence-electron chi connectivity index (χ4n) is 3.95. The molecule has 0 atom stereocenters. The van der Waals surface area contributed by atoms with Crippen LogP contribution in [0.15, 0.2) is 71.6 Å². The highest BCUT2D eigenvalue weighted by molar-refractivity contribution is 7.92. The first kappa shape index (κ1) is 31.1. The van der Waals surface area contributed by atoms with Gasteiger partial charge in [-0.3, -0.25) is 4.72 Å². The molecular weight excluding hydrogens is 567 g/mol. The SMILES string of the molecule is COc1ccc(N2CCN(c3ccc(C(=O)O)cc3NS(=O)(=O)c3ccc(C)cc3)CC2)cc1.O=C(O)C(F)(F)F. The van der Waals surface area contributed by atoms with Gasteiger partial charge in [-0.2, -0.15) is 13.2 Å². The number of aliphatic carboxylic acids is 1. The molecule has 0 amide bonds. The molecule has 41 heavy (non-hydrogen) atoms. The van der Waals surface area contributed by atoms with Crippen molar-refractivity contribution >= 4 is 39.0 Å². The number of carboxylic acids is 2. The van der Waals surface area contributed by atoms with E-state index in [9.17, 15) is 31.5 Å². The Labute approximate surface area is 234 Å². The van der Waals surface area contributed by atoms with E-state index in [1.165, 1.54) is 24.3 Å². The Bertz CT molecular complexity index is 1470. The molecule has 1 heterocycles. The summed E-state index contributed by atoms with van der Waals surface area (Å²) in [6, 6.07) is 18.9. The van der Waals surface area contributed by atoms with Crippen LogP contribution in [0.2, 0.25) is 0 Å². The van der Waals surface area contributed by atoms with E-state index < -0.39 is 28.1 Å². The number of hydrogen-bond acceptors (Lipinski definition) is 7. The third kappa shape index (κ3) is 8.27. The van der Waals surface area contributed by atoms with Gasteiger partial charge >= 0.3 is 18.1 Å². The van der Waals surface area contributed by atoms with Crippen molar-refractivity contribution in [3.05, 3.63) is 77.9 Å². The number of aromatic carboxylic acids is 1. The average molecular weight is 596 g/mol. The van der Waals surface area contributed by atoms with Gasteiger partial charge in [0.05, 0.1) is 28.9 Å². The minimum atomic E-state index is -5.08. The number of nitrogens with zero attached hydrogens (tertiary/aromatic N) is 2. The fraction of sp³-hybridized carbons (Fsp3) is 0.259. The number of alkyl halides is 3. The van der Waals surface area contributed by atoms with Crippen LogP contribution in [0.1, 0.15) is 15.9 Å². The molecule has 0 radical (unpaired) electrons. The van der Waals surface area contributed by atoms with Crippen molar-refractivity contribution in [2.24, 2.45) is 0 Å². The number of carboxylic acid groups (broad SMARTS) is 2. The number of aryl methyl sites for hydroxylation is 1. The Hall–Kier alpha value is -4.46. The molecule has 4 rings (SSSR count). The molecule has 0 unspecified atom stereocenters. The van der Waals surface area contributed by atoms with Gasteiger partial charge in [-0.25, -0.2) is 18.0 Å². The maximum Gasteiger partial charge on any atom is 0.490 e. The molecule has 0 bridgehead atoms. The van der Waals surface area contributed by atoms with Gasteiger partial charge in [0.25, 0.3) is 10.0 Å². The summed E-state index contributed by atoms with van der Waals surface area (Å²) in [4.78, 5) is 24.9. The molecule has 14 heteroatoms. The summed E-state index contributed by atoms with van der Waals surface area (Å²) < 4.78 is 65.6. The number of ether oxygens (including phenoxy) is 1. The number of hydrogen-bond donors (Lipinski definition) is 3. The standard InChI is InChI=1S/C25H27N3O5S.C2HF3O2/c1-18-3-10-22(11-4-18)34(31,32)26-23-17-19(25(29)30)5-12-24(23)28-15-13-27(14-16-28)20-6-8-21(33-2)9-7-20;3-2(4,5)1(6)7/h3-12,17,26H,13-16H2,1-2H3,(H,29,30);(H,6,7). The average Bonchev–Trinajstić information content (AvgIpc) is 2.93. The number of rotatable bonds is 7. The molecule has 1 aliphatic rings. The van der Waals surface area contributed by atoms with E-state index in [0.717, 1.165) is 30.1 Å².